The number of hydrogen-bond donors (Lipinski definition) is 4. The molecule has 156 valence electrons. The van der Waals surface area contributed by atoms with Crippen LogP contribution >= 0.6 is 12.2 Å². The average molecular weight is 438 g/mol. The quantitative estimate of drug-likeness (QED) is 0.358. The maximum absolute atomic E-state index is 12.4. The van der Waals surface area contributed by atoms with Crippen molar-refractivity contribution in [2.75, 3.05) is 10.6 Å². The Morgan fingerprint density at radius 3 is 2.55 bits per heavy atom. The van der Waals surface area contributed by atoms with E-state index in [1.165, 1.54) is 22.9 Å². The second kappa shape index (κ2) is 7.84. The van der Waals surface area contributed by atoms with E-state index in [9.17, 15) is 19.5 Å². The molecule has 11 nitrogen and oxygen atoms in total. The lowest BCUT2D eigenvalue weighted by Gasteiger charge is -2.10. The number of tetrazole rings is 1. The van der Waals surface area contributed by atoms with Gasteiger partial charge in [0, 0.05) is 29.4 Å². The van der Waals surface area contributed by atoms with Crippen molar-refractivity contribution in [3.8, 4) is 5.69 Å². The number of urea groups is 1. The summed E-state index contributed by atoms with van der Waals surface area (Å²) in [6.07, 6.45) is 0. The minimum Gasteiger partial charge on any atom is -0.504 e. The van der Waals surface area contributed by atoms with Crippen molar-refractivity contribution in [2.45, 2.75) is 6.92 Å². The molecule has 1 aromatic heterocycles. The van der Waals surface area contributed by atoms with Crippen LogP contribution in [-0.4, -0.2) is 43.1 Å². The van der Waals surface area contributed by atoms with Crippen molar-refractivity contribution >= 4 is 47.1 Å². The van der Waals surface area contributed by atoms with E-state index < -0.39 is 29.3 Å². The first-order valence-corrected chi connectivity index (χ1v) is 9.23. The normalized spacial score (nSPS) is 12.5. The SMILES string of the molecule is CC(=O)OC1=C(O)c2cc(NC(=O)Nc3cccc(-n4[nH]nnc4=S)c3)ccc2C1=O. The van der Waals surface area contributed by atoms with Crippen LogP contribution in [0, 0.1) is 4.77 Å². The van der Waals surface area contributed by atoms with E-state index in [0.717, 1.165) is 6.92 Å². The van der Waals surface area contributed by atoms with Crippen LogP contribution in [0.5, 0.6) is 0 Å². The van der Waals surface area contributed by atoms with Gasteiger partial charge in [-0.05, 0) is 48.6 Å². The summed E-state index contributed by atoms with van der Waals surface area (Å²) in [7, 11) is 0. The molecule has 31 heavy (non-hydrogen) atoms. The van der Waals surface area contributed by atoms with Gasteiger partial charge in [-0.15, -0.1) is 0 Å². The molecule has 0 radical (unpaired) electrons. The Hall–Kier alpha value is -4.32. The summed E-state index contributed by atoms with van der Waals surface area (Å²) in [5, 5.41) is 25.4. The predicted molar refractivity (Wildman–Crippen MR) is 111 cm³/mol. The number of carbonyl (C=O) groups is 3. The minimum absolute atomic E-state index is 0.155. The molecule has 0 atom stereocenters. The lowest BCUT2D eigenvalue weighted by molar-refractivity contribution is -0.136. The molecule has 3 aromatic rings. The highest BCUT2D eigenvalue weighted by atomic mass is 32.1. The zero-order valence-corrected chi connectivity index (χ0v) is 16.7. The van der Waals surface area contributed by atoms with Crippen LogP contribution in [0.2, 0.25) is 0 Å². The Balaban J connectivity index is 1.51. The molecule has 0 fully saturated rings. The van der Waals surface area contributed by atoms with Crippen LogP contribution in [-0.2, 0) is 9.53 Å². The van der Waals surface area contributed by atoms with Crippen molar-refractivity contribution in [3.63, 3.8) is 0 Å². The topological polar surface area (TPSA) is 151 Å². The summed E-state index contributed by atoms with van der Waals surface area (Å²) in [4.78, 5) is 35.8. The number of carbonyl (C=O) groups excluding carboxylic acids is 3. The van der Waals surface area contributed by atoms with Crippen molar-refractivity contribution in [3.05, 3.63) is 64.1 Å². The first kappa shape index (κ1) is 20.0. The molecule has 2 aromatic carbocycles. The van der Waals surface area contributed by atoms with Gasteiger partial charge in [-0.3, -0.25) is 9.59 Å². The fraction of sp³-hybridized carbons (Fsp3) is 0.0526. The maximum Gasteiger partial charge on any atom is 0.323 e. The van der Waals surface area contributed by atoms with Gasteiger partial charge in [-0.25, -0.2) is 9.48 Å². The molecule has 0 unspecified atom stereocenters. The number of nitrogens with one attached hydrogen (secondary N) is 3. The minimum atomic E-state index is -0.727. The van der Waals surface area contributed by atoms with Gasteiger partial charge in [0.05, 0.1) is 5.69 Å². The fourth-order valence-corrected chi connectivity index (χ4v) is 3.18. The van der Waals surface area contributed by atoms with Crippen molar-refractivity contribution in [1.29, 1.82) is 0 Å². The summed E-state index contributed by atoms with van der Waals surface area (Å²) in [5.41, 5.74) is 1.73. The number of fused-ring (bicyclic) bond motifs is 1. The highest BCUT2D eigenvalue weighted by molar-refractivity contribution is 7.71. The lowest BCUT2D eigenvalue weighted by atomic mass is 10.1. The van der Waals surface area contributed by atoms with Gasteiger partial charge in [0.25, 0.3) is 0 Å². The van der Waals surface area contributed by atoms with E-state index in [1.54, 1.807) is 24.3 Å². The number of aliphatic hydroxyl groups excluding tert-OH is 1. The van der Waals surface area contributed by atoms with Gasteiger partial charge >= 0.3 is 12.0 Å². The molecular weight excluding hydrogens is 424 g/mol. The van der Waals surface area contributed by atoms with E-state index in [2.05, 4.69) is 26.2 Å². The zero-order chi connectivity index (χ0) is 22.1. The number of hydrogen-bond acceptors (Lipinski definition) is 8. The Labute approximate surface area is 179 Å². The zero-order valence-electron chi connectivity index (χ0n) is 15.9. The highest BCUT2D eigenvalue weighted by Gasteiger charge is 2.32. The highest BCUT2D eigenvalue weighted by Crippen LogP contribution is 2.33. The Kier molecular flexibility index (Phi) is 5.05. The number of aromatic nitrogens is 4. The molecule has 0 saturated heterocycles. The molecule has 2 amide bonds. The van der Waals surface area contributed by atoms with E-state index in [-0.39, 0.29) is 15.9 Å². The smallest absolute Gasteiger partial charge is 0.323 e. The Bertz CT molecular complexity index is 1330. The first-order valence-electron chi connectivity index (χ1n) is 8.83. The predicted octanol–water partition coefficient (Wildman–Crippen LogP) is 2.95. The number of amides is 2. The number of esters is 1. The second-order valence-electron chi connectivity index (χ2n) is 6.41. The lowest BCUT2D eigenvalue weighted by Crippen LogP contribution is -2.19. The van der Waals surface area contributed by atoms with Crippen molar-refractivity contribution < 1.29 is 24.2 Å². The van der Waals surface area contributed by atoms with Gasteiger partial charge in [0.2, 0.25) is 16.3 Å². The number of aliphatic hydroxyl groups is 1. The third-order valence-corrected chi connectivity index (χ3v) is 4.54. The third kappa shape index (κ3) is 3.91. The van der Waals surface area contributed by atoms with E-state index in [4.69, 9.17) is 17.0 Å². The number of nitrogens with zero attached hydrogens (tertiary/aromatic N) is 3. The molecule has 1 heterocycles. The molecule has 1 aliphatic carbocycles. The van der Waals surface area contributed by atoms with Crippen LogP contribution in [0.3, 0.4) is 0 Å². The molecule has 0 saturated carbocycles. The van der Waals surface area contributed by atoms with Crippen LogP contribution in [0.1, 0.15) is 22.8 Å². The van der Waals surface area contributed by atoms with Gasteiger partial charge in [-0.1, -0.05) is 16.4 Å². The van der Waals surface area contributed by atoms with Crippen molar-refractivity contribution in [2.24, 2.45) is 0 Å². The van der Waals surface area contributed by atoms with Crippen molar-refractivity contribution in [1.82, 2.24) is 20.2 Å². The number of anilines is 2. The van der Waals surface area contributed by atoms with Gasteiger partial charge in [0.1, 0.15) is 0 Å². The second-order valence-corrected chi connectivity index (χ2v) is 6.77. The number of H-pyrrole nitrogens is 1. The first-order chi connectivity index (χ1) is 14.8. The number of rotatable bonds is 4. The molecule has 0 spiro atoms. The Morgan fingerprint density at radius 1 is 1.13 bits per heavy atom. The number of Topliss-reactive ketones (excluding diaryl/α,β-unsaturated/α-hetero) is 1. The van der Waals surface area contributed by atoms with E-state index >= 15 is 0 Å². The molecule has 1 aliphatic rings. The van der Waals surface area contributed by atoms with Crippen LogP contribution in [0.25, 0.3) is 11.4 Å². The summed E-state index contributed by atoms with van der Waals surface area (Å²) in [5.74, 6) is -2.23. The number of aromatic amines is 1. The molecule has 4 N–H and O–H groups in total. The third-order valence-electron chi connectivity index (χ3n) is 4.28. The monoisotopic (exact) mass is 438 g/mol. The van der Waals surface area contributed by atoms with Gasteiger partial charge < -0.3 is 20.5 Å². The van der Waals surface area contributed by atoms with Crippen LogP contribution in [0.4, 0.5) is 16.2 Å². The number of ketones is 1. The summed E-state index contributed by atoms with van der Waals surface area (Å²) < 4.78 is 6.48. The number of ether oxygens (including phenoxy) is 1. The van der Waals surface area contributed by atoms with Gasteiger partial charge in [-0.2, -0.15) is 5.21 Å². The summed E-state index contributed by atoms with van der Waals surface area (Å²) in [6.45, 7) is 1.12. The molecule has 12 heteroatoms. The molecule has 0 bridgehead atoms. The molecular formula is C19H14N6O5S. The molecule has 4 rings (SSSR count). The van der Waals surface area contributed by atoms with Crippen LogP contribution in [0.15, 0.2) is 48.2 Å². The largest absolute Gasteiger partial charge is 0.504 e. The Morgan fingerprint density at radius 2 is 1.87 bits per heavy atom. The number of allylic oxidation sites excluding steroid dienone is 1. The number of benzene rings is 2. The van der Waals surface area contributed by atoms with Crippen LogP contribution < -0.4 is 10.6 Å². The van der Waals surface area contributed by atoms with E-state index in [1.807, 2.05) is 0 Å². The summed E-state index contributed by atoms with van der Waals surface area (Å²) in [6, 6.07) is 10.6. The standard InChI is InChI=1S/C19H14N6O5S/c1-9(26)30-17-15(27)13-6-5-11(8-14(13)16(17)28)21-18(29)20-10-3-2-4-12(7-10)25-19(31)22-23-24-25/h2-8,28H,1H3,(H2,20,21,29)(H,22,24,31). The average Bonchev–Trinajstić information content (AvgIpc) is 3.25. The van der Waals surface area contributed by atoms with Gasteiger partial charge in [0.15, 0.2) is 5.76 Å². The molecule has 0 aliphatic heterocycles. The fourth-order valence-electron chi connectivity index (χ4n) is 2.99. The van der Waals surface area contributed by atoms with E-state index in [0.29, 0.717) is 17.1 Å². The summed E-state index contributed by atoms with van der Waals surface area (Å²) >= 11 is 5.06. The maximum atomic E-state index is 12.4.